The summed E-state index contributed by atoms with van der Waals surface area (Å²) in [6.07, 6.45) is -6.82. The summed E-state index contributed by atoms with van der Waals surface area (Å²) in [5.41, 5.74) is 4.22. The van der Waals surface area contributed by atoms with Crippen LogP contribution in [0.25, 0.3) is 16.6 Å². The number of nitrogens with one attached hydrogen (secondary N) is 2. The van der Waals surface area contributed by atoms with Gasteiger partial charge in [-0.1, -0.05) is 6.07 Å². The number of hydrogen-bond acceptors (Lipinski definition) is 7. The van der Waals surface area contributed by atoms with Gasteiger partial charge >= 0.3 is 12.2 Å². The number of aliphatic hydroxyl groups is 3. The summed E-state index contributed by atoms with van der Waals surface area (Å²) in [6.45, 7) is -0.758. The van der Waals surface area contributed by atoms with E-state index in [4.69, 9.17) is 5.73 Å². The van der Waals surface area contributed by atoms with E-state index in [0.717, 1.165) is 18.5 Å². The monoisotopic (exact) mass is 538 g/mol. The predicted octanol–water partition coefficient (Wildman–Crippen LogP) is 3.31. The van der Waals surface area contributed by atoms with Crippen molar-refractivity contribution in [3.05, 3.63) is 71.7 Å². The van der Waals surface area contributed by atoms with E-state index < -0.39 is 53.9 Å². The molecule has 2 aromatic carbocycles. The average Bonchev–Trinajstić information content (AvgIpc) is 3.26. The lowest BCUT2D eigenvalue weighted by Gasteiger charge is -2.14. The SMILES string of the molecule is Nc1ncnn2c(C(O)C(O)CO)cc(-c3ccc(NC(=O)Nc4cc(C(F)(F)F)ccc4F)c(F)c3)c12. The molecule has 38 heavy (non-hydrogen) atoms. The van der Waals surface area contributed by atoms with E-state index in [1.807, 2.05) is 5.32 Å². The first kappa shape index (κ1) is 26.7. The number of aliphatic hydroxyl groups excluding tert-OH is 3. The molecule has 0 fully saturated rings. The average molecular weight is 538 g/mol. The summed E-state index contributed by atoms with van der Waals surface area (Å²) >= 11 is 0. The van der Waals surface area contributed by atoms with Crippen molar-refractivity contribution in [2.75, 3.05) is 23.0 Å². The topological polar surface area (TPSA) is 158 Å². The van der Waals surface area contributed by atoms with Crippen molar-refractivity contribution in [2.45, 2.75) is 18.4 Å². The number of aromatic nitrogens is 3. The molecule has 2 aromatic heterocycles. The molecule has 0 radical (unpaired) electrons. The van der Waals surface area contributed by atoms with E-state index >= 15 is 0 Å². The minimum absolute atomic E-state index is 0.0238. The summed E-state index contributed by atoms with van der Waals surface area (Å²) in [4.78, 5) is 16.1. The van der Waals surface area contributed by atoms with Gasteiger partial charge in [-0.25, -0.2) is 23.1 Å². The summed E-state index contributed by atoms with van der Waals surface area (Å²) in [7, 11) is 0. The molecule has 0 bridgehead atoms. The molecule has 15 heteroatoms. The number of fused-ring (bicyclic) bond motifs is 1. The van der Waals surface area contributed by atoms with Crippen LogP contribution < -0.4 is 16.4 Å². The molecular weight excluding hydrogens is 519 g/mol. The Morgan fingerprint density at radius 1 is 1.03 bits per heavy atom. The molecule has 0 saturated carbocycles. The van der Waals surface area contributed by atoms with Crippen molar-refractivity contribution in [3.8, 4) is 11.1 Å². The predicted molar refractivity (Wildman–Crippen MR) is 125 cm³/mol. The fourth-order valence-corrected chi connectivity index (χ4v) is 3.68. The summed E-state index contributed by atoms with van der Waals surface area (Å²) < 4.78 is 68.7. The number of alkyl halides is 3. The number of amides is 2. The molecule has 2 heterocycles. The van der Waals surface area contributed by atoms with Crippen LogP contribution in [0.1, 0.15) is 17.4 Å². The number of nitrogens with two attached hydrogens (primary N) is 1. The number of rotatable bonds is 6. The normalized spacial score (nSPS) is 13.4. The maximum absolute atomic E-state index is 14.9. The van der Waals surface area contributed by atoms with Gasteiger partial charge in [0.2, 0.25) is 0 Å². The number of hydrogen-bond donors (Lipinski definition) is 6. The number of carbonyl (C=O) groups is 1. The molecule has 10 nitrogen and oxygen atoms in total. The van der Waals surface area contributed by atoms with Crippen LogP contribution in [-0.4, -0.2) is 48.7 Å². The smallest absolute Gasteiger partial charge is 0.394 e. The first-order valence-electron chi connectivity index (χ1n) is 10.7. The molecule has 4 aromatic rings. The zero-order chi connectivity index (χ0) is 27.8. The van der Waals surface area contributed by atoms with Crippen molar-refractivity contribution >= 4 is 28.7 Å². The van der Waals surface area contributed by atoms with Gasteiger partial charge in [-0.3, -0.25) is 0 Å². The third-order valence-electron chi connectivity index (χ3n) is 5.53. The number of anilines is 3. The van der Waals surface area contributed by atoms with Crippen LogP contribution in [0.2, 0.25) is 0 Å². The van der Waals surface area contributed by atoms with Gasteiger partial charge in [-0.2, -0.15) is 18.3 Å². The van der Waals surface area contributed by atoms with Gasteiger partial charge < -0.3 is 31.7 Å². The van der Waals surface area contributed by atoms with Gasteiger partial charge in [0.05, 0.1) is 29.2 Å². The molecule has 7 N–H and O–H groups in total. The molecule has 4 rings (SSSR count). The lowest BCUT2D eigenvalue weighted by molar-refractivity contribution is -0.137. The molecule has 0 aliphatic heterocycles. The molecule has 0 aliphatic rings. The highest BCUT2D eigenvalue weighted by molar-refractivity contribution is 6.00. The lowest BCUT2D eigenvalue weighted by Crippen LogP contribution is -2.23. The molecule has 2 atom stereocenters. The van der Waals surface area contributed by atoms with Crippen LogP contribution in [0.15, 0.2) is 48.8 Å². The Hall–Kier alpha value is -4.34. The Morgan fingerprint density at radius 2 is 1.74 bits per heavy atom. The minimum atomic E-state index is -4.77. The molecule has 200 valence electrons. The largest absolute Gasteiger partial charge is 0.416 e. The van der Waals surface area contributed by atoms with Crippen molar-refractivity contribution in [3.63, 3.8) is 0 Å². The number of benzene rings is 2. The lowest BCUT2D eigenvalue weighted by atomic mass is 10.0. The maximum Gasteiger partial charge on any atom is 0.416 e. The second kappa shape index (κ2) is 10.2. The number of urea groups is 1. The summed E-state index contributed by atoms with van der Waals surface area (Å²) in [6, 6.07) is 5.07. The Bertz CT molecular complexity index is 1510. The second-order valence-electron chi connectivity index (χ2n) is 8.05. The second-order valence-corrected chi connectivity index (χ2v) is 8.05. The van der Waals surface area contributed by atoms with Gasteiger partial charge in [0.15, 0.2) is 5.82 Å². The number of carbonyl (C=O) groups excluding carboxylic acids is 1. The summed E-state index contributed by atoms with van der Waals surface area (Å²) in [5, 5.41) is 37.4. The van der Waals surface area contributed by atoms with Gasteiger partial charge in [0.1, 0.15) is 35.7 Å². The van der Waals surface area contributed by atoms with Crippen molar-refractivity contribution in [2.24, 2.45) is 0 Å². The third kappa shape index (κ3) is 5.20. The minimum Gasteiger partial charge on any atom is -0.394 e. The molecule has 2 unspecified atom stereocenters. The first-order chi connectivity index (χ1) is 17.9. The Labute approximate surface area is 210 Å². The maximum atomic E-state index is 14.9. The van der Waals surface area contributed by atoms with Gasteiger partial charge in [0.25, 0.3) is 0 Å². The number of halogens is 5. The quantitative estimate of drug-likeness (QED) is 0.206. The third-order valence-corrected chi connectivity index (χ3v) is 5.53. The molecule has 0 saturated heterocycles. The van der Waals surface area contributed by atoms with E-state index in [9.17, 15) is 42.1 Å². The van der Waals surface area contributed by atoms with E-state index in [0.29, 0.717) is 18.2 Å². The van der Waals surface area contributed by atoms with Gasteiger partial charge in [-0.15, -0.1) is 0 Å². The zero-order valence-corrected chi connectivity index (χ0v) is 19.0. The molecule has 0 spiro atoms. The highest BCUT2D eigenvalue weighted by Gasteiger charge is 2.31. The standard InChI is InChI=1S/C23H19F5N6O4/c24-13-3-2-11(23(26,27)28)6-16(13)33-22(38)32-15-4-1-10(5-14(15)25)12-7-17(20(37)18(36)8-35)34-19(12)21(29)30-9-31-34/h1-7,9,18,20,35-37H,8H2,(H2,29,30,31)(H2,32,33,38). The van der Waals surface area contributed by atoms with Crippen molar-refractivity contribution in [1.29, 1.82) is 0 Å². The fourth-order valence-electron chi connectivity index (χ4n) is 3.68. The van der Waals surface area contributed by atoms with Crippen molar-refractivity contribution in [1.82, 2.24) is 14.6 Å². The number of nitrogen functional groups attached to an aromatic ring is 1. The zero-order valence-electron chi connectivity index (χ0n) is 19.0. The summed E-state index contributed by atoms with van der Waals surface area (Å²) in [5.74, 6) is -2.15. The first-order valence-corrected chi connectivity index (χ1v) is 10.7. The van der Waals surface area contributed by atoms with Crippen LogP contribution in [0.4, 0.5) is 43.9 Å². The highest BCUT2D eigenvalue weighted by atomic mass is 19.4. The Morgan fingerprint density at radius 3 is 2.39 bits per heavy atom. The Balaban J connectivity index is 1.62. The fraction of sp³-hybridized carbons (Fsp3) is 0.174. The van der Waals surface area contributed by atoms with E-state index in [2.05, 4.69) is 15.4 Å². The van der Waals surface area contributed by atoms with Crippen LogP contribution in [0.3, 0.4) is 0 Å². The van der Waals surface area contributed by atoms with E-state index in [-0.39, 0.29) is 33.8 Å². The van der Waals surface area contributed by atoms with Gasteiger partial charge in [0, 0.05) is 5.56 Å². The molecular formula is C23H19F5N6O4. The molecule has 0 aliphatic carbocycles. The highest BCUT2D eigenvalue weighted by Crippen LogP contribution is 2.35. The van der Waals surface area contributed by atoms with Crippen LogP contribution in [0, 0.1) is 11.6 Å². The Kier molecular flexibility index (Phi) is 7.17. The van der Waals surface area contributed by atoms with Crippen molar-refractivity contribution < 1.29 is 42.1 Å². The van der Waals surface area contributed by atoms with Gasteiger partial charge in [-0.05, 0) is 42.0 Å². The van der Waals surface area contributed by atoms with E-state index in [1.54, 1.807) is 0 Å². The van der Waals surface area contributed by atoms with Crippen LogP contribution >= 0.6 is 0 Å². The number of nitrogens with zero attached hydrogens (tertiary/aromatic N) is 3. The molecule has 2 amide bonds. The van der Waals surface area contributed by atoms with E-state index in [1.165, 1.54) is 16.6 Å². The van der Waals surface area contributed by atoms with Crippen LogP contribution in [-0.2, 0) is 6.18 Å². The van der Waals surface area contributed by atoms with Crippen LogP contribution in [0.5, 0.6) is 0 Å².